The van der Waals surface area contributed by atoms with Crippen molar-refractivity contribution in [3.05, 3.63) is 46.6 Å². The van der Waals surface area contributed by atoms with Crippen LogP contribution in [0, 0.1) is 6.92 Å². The lowest BCUT2D eigenvalue weighted by molar-refractivity contribution is -0.122. The highest BCUT2D eigenvalue weighted by Gasteiger charge is 2.07. The standard InChI is InChI=1S/C13H9ClN2S.CH2O2/c1-8-16-11-7-9(4-5-12(11)17-8)13-10(14)3-2-6-15-13;2-1-3/h2-7H,1H3;1H,(H,2,3). The van der Waals surface area contributed by atoms with Crippen molar-refractivity contribution in [2.45, 2.75) is 6.92 Å². The lowest BCUT2D eigenvalue weighted by Gasteiger charge is -2.02. The molecule has 3 aromatic rings. The summed E-state index contributed by atoms with van der Waals surface area (Å²) in [6.45, 7) is 1.76. The second kappa shape index (κ2) is 6.45. The first-order valence-electron chi connectivity index (χ1n) is 5.71. The van der Waals surface area contributed by atoms with Gasteiger partial charge in [-0.2, -0.15) is 0 Å². The Morgan fingerprint density at radius 1 is 1.35 bits per heavy atom. The maximum atomic E-state index is 8.36. The molecule has 0 saturated heterocycles. The normalized spacial score (nSPS) is 9.90. The van der Waals surface area contributed by atoms with Crippen LogP contribution in [0.5, 0.6) is 0 Å². The molecular formula is C14H11ClN2O2S. The van der Waals surface area contributed by atoms with Gasteiger partial charge in [0.15, 0.2) is 0 Å². The van der Waals surface area contributed by atoms with Crippen LogP contribution >= 0.6 is 22.9 Å². The zero-order chi connectivity index (χ0) is 14.5. The van der Waals surface area contributed by atoms with Crippen LogP contribution in [-0.2, 0) is 4.79 Å². The summed E-state index contributed by atoms with van der Waals surface area (Å²) < 4.78 is 1.19. The number of benzene rings is 1. The van der Waals surface area contributed by atoms with Gasteiger partial charge in [-0.3, -0.25) is 9.78 Å². The summed E-state index contributed by atoms with van der Waals surface area (Å²) in [6, 6.07) is 9.82. The maximum absolute atomic E-state index is 8.36. The zero-order valence-corrected chi connectivity index (χ0v) is 12.1. The predicted octanol–water partition coefficient (Wildman–Crippen LogP) is 4.02. The summed E-state index contributed by atoms with van der Waals surface area (Å²) >= 11 is 7.83. The zero-order valence-electron chi connectivity index (χ0n) is 10.6. The summed E-state index contributed by atoms with van der Waals surface area (Å²) in [4.78, 5) is 17.1. The monoisotopic (exact) mass is 306 g/mol. The SMILES string of the molecule is Cc1nc2cc(-c3ncccc3Cl)ccc2s1.O=CO. The Morgan fingerprint density at radius 3 is 2.80 bits per heavy atom. The Morgan fingerprint density at radius 2 is 2.10 bits per heavy atom. The van der Waals surface area contributed by atoms with E-state index in [1.54, 1.807) is 17.5 Å². The molecule has 0 radical (unpaired) electrons. The number of carbonyl (C=O) groups is 1. The number of halogens is 1. The first-order valence-corrected chi connectivity index (χ1v) is 6.91. The quantitative estimate of drug-likeness (QED) is 0.690. The van der Waals surface area contributed by atoms with E-state index in [1.165, 1.54) is 4.70 Å². The number of fused-ring (bicyclic) bond motifs is 1. The van der Waals surface area contributed by atoms with Crippen LogP contribution in [0.15, 0.2) is 36.5 Å². The van der Waals surface area contributed by atoms with Crippen molar-refractivity contribution in [3.8, 4) is 11.3 Å². The fourth-order valence-electron chi connectivity index (χ4n) is 1.79. The Bertz CT molecular complexity index is 743. The number of thiazole rings is 1. The Kier molecular flexibility index (Phi) is 4.65. The van der Waals surface area contributed by atoms with Gasteiger partial charge in [-0.25, -0.2) is 4.98 Å². The van der Waals surface area contributed by atoms with Crippen LogP contribution in [0.3, 0.4) is 0 Å². The van der Waals surface area contributed by atoms with Gasteiger partial charge in [-0.15, -0.1) is 11.3 Å². The van der Waals surface area contributed by atoms with Gasteiger partial charge >= 0.3 is 0 Å². The molecular weight excluding hydrogens is 296 g/mol. The van der Waals surface area contributed by atoms with Crippen molar-refractivity contribution in [1.82, 2.24) is 9.97 Å². The first-order chi connectivity index (χ1) is 9.65. The minimum atomic E-state index is -0.250. The Labute approximate surface area is 124 Å². The van der Waals surface area contributed by atoms with Crippen LogP contribution in [0.25, 0.3) is 21.5 Å². The predicted molar refractivity (Wildman–Crippen MR) is 81.3 cm³/mol. The lowest BCUT2D eigenvalue weighted by atomic mass is 10.1. The largest absolute Gasteiger partial charge is 0.483 e. The number of carboxylic acid groups (broad SMARTS) is 1. The van der Waals surface area contributed by atoms with Crippen LogP contribution in [0.4, 0.5) is 0 Å². The highest BCUT2D eigenvalue weighted by Crippen LogP contribution is 2.29. The highest BCUT2D eigenvalue weighted by molar-refractivity contribution is 7.18. The van der Waals surface area contributed by atoms with Gasteiger partial charge in [0.25, 0.3) is 6.47 Å². The third kappa shape index (κ3) is 3.12. The number of hydrogen-bond donors (Lipinski definition) is 1. The summed E-state index contributed by atoms with van der Waals surface area (Å²) in [5.74, 6) is 0. The van der Waals surface area contributed by atoms with Crippen molar-refractivity contribution >= 4 is 39.6 Å². The summed E-state index contributed by atoms with van der Waals surface area (Å²) in [5.41, 5.74) is 2.82. The average molecular weight is 307 g/mol. The van der Waals surface area contributed by atoms with Crippen molar-refractivity contribution in [2.75, 3.05) is 0 Å². The van der Waals surface area contributed by atoms with Gasteiger partial charge in [-0.05, 0) is 31.2 Å². The Hall–Kier alpha value is -1.98. The molecule has 6 heteroatoms. The molecule has 1 aromatic carbocycles. The van der Waals surface area contributed by atoms with E-state index in [-0.39, 0.29) is 6.47 Å². The molecule has 3 rings (SSSR count). The fraction of sp³-hybridized carbons (Fsp3) is 0.0714. The molecule has 4 nitrogen and oxygen atoms in total. The number of nitrogens with zero attached hydrogens (tertiary/aromatic N) is 2. The number of hydrogen-bond acceptors (Lipinski definition) is 4. The van der Waals surface area contributed by atoms with Gasteiger partial charge < -0.3 is 5.11 Å². The van der Waals surface area contributed by atoms with Crippen molar-refractivity contribution in [3.63, 3.8) is 0 Å². The molecule has 0 saturated carbocycles. The van der Waals surface area contributed by atoms with E-state index < -0.39 is 0 Å². The molecule has 1 N–H and O–H groups in total. The van der Waals surface area contributed by atoms with Gasteiger partial charge in [0, 0.05) is 11.8 Å². The molecule has 0 amide bonds. The van der Waals surface area contributed by atoms with Gasteiger partial charge in [0.05, 0.1) is 25.9 Å². The number of aromatic nitrogens is 2. The summed E-state index contributed by atoms with van der Waals surface area (Å²) in [7, 11) is 0. The van der Waals surface area contributed by atoms with E-state index in [9.17, 15) is 0 Å². The third-order valence-corrected chi connectivity index (χ3v) is 3.78. The van der Waals surface area contributed by atoms with Crippen molar-refractivity contribution < 1.29 is 9.90 Å². The molecule has 2 heterocycles. The van der Waals surface area contributed by atoms with Crippen LogP contribution in [0.2, 0.25) is 5.02 Å². The van der Waals surface area contributed by atoms with Crippen LogP contribution in [0.1, 0.15) is 5.01 Å². The molecule has 0 unspecified atom stereocenters. The molecule has 0 spiro atoms. The number of pyridine rings is 1. The minimum Gasteiger partial charge on any atom is -0.483 e. The molecule has 0 aliphatic heterocycles. The fourth-order valence-corrected chi connectivity index (χ4v) is 2.83. The van der Waals surface area contributed by atoms with Crippen molar-refractivity contribution in [1.29, 1.82) is 0 Å². The lowest BCUT2D eigenvalue weighted by Crippen LogP contribution is -1.83. The van der Waals surface area contributed by atoms with Gasteiger partial charge in [0.2, 0.25) is 0 Å². The Balaban J connectivity index is 0.000000452. The maximum Gasteiger partial charge on any atom is 0.290 e. The molecule has 0 fully saturated rings. The molecule has 0 bridgehead atoms. The van der Waals surface area contributed by atoms with Crippen LogP contribution in [-0.4, -0.2) is 21.5 Å². The van der Waals surface area contributed by atoms with Gasteiger partial charge in [-0.1, -0.05) is 17.7 Å². The molecule has 102 valence electrons. The minimum absolute atomic E-state index is 0.250. The van der Waals surface area contributed by atoms with E-state index in [1.807, 2.05) is 31.2 Å². The second-order valence-electron chi connectivity index (χ2n) is 3.85. The van der Waals surface area contributed by atoms with Gasteiger partial charge in [0.1, 0.15) is 0 Å². The molecule has 20 heavy (non-hydrogen) atoms. The van der Waals surface area contributed by atoms with Crippen molar-refractivity contribution in [2.24, 2.45) is 0 Å². The van der Waals surface area contributed by atoms with E-state index >= 15 is 0 Å². The molecule has 0 aliphatic rings. The average Bonchev–Trinajstić information content (AvgIpc) is 2.79. The molecule has 0 atom stereocenters. The summed E-state index contributed by atoms with van der Waals surface area (Å²) in [6.07, 6.45) is 1.75. The first kappa shape index (κ1) is 14.4. The topological polar surface area (TPSA) is 63.1 Å². The molecule has 0 aliphatic carbocycles. The second-order valence-corrected chi connectivity index (χ2v) is 5.50. The van der Waals surface area contributed by atoms with E-state index in [2.05, 4.69) is 16.0 Å². The highest BCUT2D eigenvalue weighted by atomic mass is 35.5. The number of aryl methyl sites for hydroxylation is 1. The number of rotatable bonds is 1. The smallest absolute Gasteiger partial charge is 0.290 e. The van der Waals surface area contributed by atoms with Crippen LogP contribution < -0.4 is 0 Å². The molecule has 2 aromatic heterocycles. The van der Waals surface area contributed by atoms with E-state index in [0.717, 1.165) is 21.8 Å². The van der Waals surface area contributed by atoms with E-state index in [0.29, 0.717) is 5.02 Å². The third-order valence-electron chi connectivity index (χ3n) is 2.53. The van der Waals surface area contributed by atoms with E-state index in [4.69, 9.17) is 21.5 Å². The summed E-state index contributed by atoms with van der Waals surface area (Å²) in [5, 5.41) is 8.63.